The normalized spacial score (nSPS) is 12.7. The topological polar surface area (TPSA) is 71.5 Å². The molecule has 1 amide bonds. The summed E-state index contributed by atoms with van der Waals surface area (Å²) >= 11 is 1.68. The number of thiophene rings is 1. The lowest BCUT2D eigenvalue weighted by Gasteiger charge is -2.29. The van der Waals surface area contributed by atoms with Crippen LogP contribution in [0.25, 0.3) is 10.9 Å². The number of hydrogen-bond acceptors (Lipinski definition) is 4. The van der Waals surface area contributed by atoms with Crippen molar-refractivity contribution in [2.24, 2.45) is 5.73 Å². The predicted molar refractivity (Wildman–Crippen MR) is 106 cm³/mol. The first-order valence-corrected chi connectivity index (χ1v) is 9.77. The number of amides is 1. The number of aliphatic hydroxyl groups is 1. The number of hydrogen-bond donors (Lipinski definition) is 2. The maximum atomic E-state index is 11.4. The van der Waals surface area contributed by atoms with Crippen molar-refractivity contribution < 1.29 is 9.90 Å². The fraction of sp³-hybridized carbons (Fsp3) is 0.350. The molecule has 0 saturated heterocycles. The van der Waals surface area contributed by atoms with E-state index in [1.54, 1.807) is 11.3 Å². The molecule has 1 aromatic carbocycles. The zero-order chi connectivity index (χ0) is 18.5. The monoisotopic (exact) mass is 371 g/mol. The van der Waals surface area contributed by atoms with Gasteiger partial charge in [0.05, 0.1) is 6.61 Å². The van der Waals surface area contributed by atoms with Crippen LogP contribution >= 0.6 is 11.3 Å². The number of aliphatic hydroxyl groups excluding tert-OH is 1. The van der Waals surface area contributed by atoms with Crippen molar-refractivity contribution in [3.63, 3.8) is 0 Å². The summed E-state index contributed by atoms with van der Waals surface area (Å²) in [5.41, 5.74) is 8.81. The van der Waals surface area contributed by atoms with E-state index in [0.717, 1.165) is 29.4 Å². The molecule has 2 aromatic heterocycles. The number of nitrogens with two attached hydrogens (primary N) is 1. The van der Waals surface area contributed by atoms with Crippen LogP contribution < -0.4 is 5.73 Å². The first-order chi connectivity index (χ1) is 12.6. The van der Waals surface area contributed by atoms with Gasteiger partial charge in [0.1, 0.15) is 6.54 Å². The molecule has 6 heteroatoms. The molecule has 1 atom stereocenters. The highest BCUT2D eigenvalue weighted by molar-refractivity contribution is 7.07. The fourth-order valence-corrected chi connectivity index (χ4v) is 4.06. The van der Waals surface area contributed by atoms with Gasteiger partial charge in [-0.2, -0.15) is 11.3 Å². The number of para-hydroxylation sites is 1. The zero-order valence-electron chi connectivity index (χ0n) is 15.0. The Bertz CT molecular complexity index is 853. The smallest absolute Gasteiger partial charge is 0.237 e. The summed E-state index contributed by atoms with van der Waals surface area (Å²) in [5.74, 6) is -0.353. The minimum atomic E-state index is -0.353. The molecular formula is C20H25N3O2S. The fourth-order valence-electron chi connectivity index (χ4n) is 3.40. The van der Waals surface area contributed by atoms with Crippen LogP contribution in [0.1, 0.15) is 24.5 Å². The second-order valence-electron chi connectivity index (χ2n) is 6.55. The number of primary amides is 1. The van der Waals surface area contributed by atoms with Crippen molar-refractivity contribution in [3.05, 3.63) is 58.4 Å². The Kier molecular flexibility index (Phi) is 6.08. The number of fused-ring (bicyclic) bond motifs is 1. The predicted octanol–water partition coefficient (Wildman–Crippen LogP) is 2.96. The van der Waals surface area contributed by atoms with Crippen LogP contribution in [-0.4, -0.2) is 33.1 Å². The second-order valence-corrected chi connectivity index (χ2v) is 7.33. The summed E-state index contributed by atoms with van der Waals surface area (Å²) < 4.78 is 1.91. The van der Waals surface area contributed by atoms with E-state index in [1.165, 1.54) is 5.56 Å². The third kappa shape index (κ3) is 4.15. The number of benzene rings is 1. The maximum absolute atomic E-state index is 11.4. The lowest BCUT2D eigenvalue weighted by Crippen LogP contribution is -2.36. The van der Waals surface area contributed by atoms with Gasteiger partial charge in [-0.3, -0.25) is 9.69 Å². The molecule has 0 fully saturated rings. The lowest BCUT2D eigenvalue weighted by molar-refractivity contribution is -0.118. The van der Waals surface area contributed by atoms with Gasteiger partial charge in [0.25, 0.3) is 0 Å². The Morgan fingerprint density at radius 3 is 2.77 bits per heavy atom. The quantitative estimate of drug-likeness (QED) is 0.607. The van der Waals surface area contributed by atoms with E-state index in [0.29, 0.717) is 6.54 Å². The molecule has 0 radical (unpaired) electrons. The Morgan fingerprint density at radius 1 is 1.31 bits per heavy atom. The van der Waals surface area contributed by atoms with Crippen LogP contribution in [0.3, 0.4) is 0 Å². The summed E-state index contributed by atoms with van der Waals surface area (Å²) in [5, 5.41) is 15.2. The molecule has 0 unspecified atom stereocenters. The highest BCUT2D eigenvalue weighted by Gasteiger charge is 2.19. The number of carbonyl (C=O) groups excluding carboxylic acids is 1. The van der Waals surface area contributed by atoms with E-state index in [1.807, 2.05) is 29.0 Å². The van der Waals surface area contributed by atoms with Crippen molar-refractivity contribution in [1.29, 1.82) is 0 Å². The standard InChI is InChI=1S/C20H25N3O2S/c1-2-17(13-24)22(9-15-7-8-26-14-15)10-16-11-23(12-20(21)25)19-6-4-3-5-18(16)19/h3-8,11,14,17,24H,2,9-10,12-13H2,1H3,(H2,21,25)/t17-/m1/s1. The van der Waals surface area contributed by atoms with Gasteiger partial charge < -0.3 is 15.4 Å². The lowest BCUT2D eigenvalue weighted by atomic mass is 10.1. The maximum Gasteiger partial charge on any atom is 0.237 e. The van der Waals surface area contributed by atoms with E-state index in [4.69, 9.17) is 5.73 Å². The van der Waals surface area contributed by atoms with Crippen LogP contribution in [0.15, 0.2) is 47.3 Å². The van der Waals surface area contributed by atoms with E-state index in [2.05, 4.69) is 34.7 Å². The molecule has 0 saturated carbocycles. The van der Waals surface area contributed by atoms with Crippen molar-refractivity contribution in [3.8, 4) is 0 Å². The minimum Gasteiger partial charge on any atom is -0.395 e. The Hall–Kier alpha value is -2.15. The van der Waals surface area contributed by atoms with Crippen molar-refractivity contribution in [2.75, 3.05) is 6.61 Å². The molecule has 5 nitrogen and oxygen atoms in total. The van der Waals surface area contributed by atoms with E-state index in [-0.39, 0.29) is 25.1 Å². The van der Waals surface area contributed by atoms with Crippen LogP contribution in [0.4, 0.5) is 0 Å². The second kappa shape index (κ2) is 8.49. The largest absolute Gasteiger partial charge is 0.395 e. The number of nitrogens with zero attached hydrogens (tertiary/aromatic N) is 2. The third-order valence-electron chi connectivity index (χ3n) is 4.73. The first kappa shape index (κ1) is 18.6. The van der Waals surface area contributed by atoms with E-state index < -0.39 is 0 Å². The molecule has 3 N–H and O–H groups in total. The summed E-state index contributed by atoms with van der Waals surface area (Å²) in [6, 6.07) is 10.3. The summed E-state index contributed by atoms with van der Waals surface area (Å²) in [7, 11) is 0. The van der Waals surface area contributed by atoms with Crippen molar-refractivity contribution in [1.82, 2.24) is 9.47 Å². The van der Waals surface area contributed by atoms with Gasteiger partial charge in [-0.15, -0.1) is 0 Å². The molecule has 26 heavy (non-hydrogen) atoms. The van der Waals surface area contributed by atoms with Crippen molar-refractivity contribution >= 4 is 28.1 Å². The van der Waals surface area contributed by atoms with Gasteiger partial charge in [-0.1, -0.05) is 25.1 Å². The van der Waals surface area contributed by atoms with Gasteiger partial charge in [0.2, 0.25) is 5.91 Å². The molecule has 3 aromatic rings. The van der Waals surface area contributed by atoms with Gasteiger partial charge >= 0.3 is 0 Å². The third-order valence-corrected chi connectivity index (χ3v) is 5.47. The summed E-state index contributed by atoms with van der Waals surface area (Å²) in [4.78, 5) is 13.7. The Morgan fingerprint density at radius 2 is 2.12 bits per heavy atom. The molecule has 0 aliphatic rings. The molecular weight excluding hydrogens is 346 g/mol. The Balaban J connectivity index is 1.93. The van der Waals surface area contributed by atoms with Crippen LogP contribution in [0.2, 0.25) is 0 Å². The van der Waals surface area contributed by atoms with Crippen LogP contribution in [0, 0.1) is 0 Å². The van der Waals surface area contributed by atoms with Crippen LogP contribution in [0.5, 0.6) is 0 Å². The number of rotatable bonds is 9. The SMILES string of the molecule is CC[C@H](CO)N(Cc1ccsc1)Cc1cn(CC(N)=O)c2ccccc12. The van der Waals surface area contributed by atoms with Gasteiger partial charge in [0, 0.05) is 36.2 Å². The Labute approximate surface area is 157 Å². The van der Waals surface area contributed by atoms with Gasteiger partial charge in [-0.05, 0) is 40.4 Å². The van der Waals surface area contributed by atoms with Crippen molar-refractivity contribution in [2.45, 2.75) is 39.0 Å². The van der Waals surface area contributed by atoms with Crippen LogP contribution in [-0.2, 0) is 24.4 Å². The zero-order valence-corrected chi connectivity index (χ0v) is 15.8. The first-order valence-electron chi connectivity index (χ1n) is 8.83. The van der Waals surface area contributed by atoms with Gasteiger partial charge in [0.15, 0.2) is 0 Å². The van der Waals surface area contributed by atoms with E-state index in [9.17, 15) is 9.90 Å². The molecule has 2 heterocycles. The minimum absolute atomic E-state index is 0.0909. The summed E-state index contributed by atoms with van der Waals surface area (Å²) in [6.07, 6.45) is 2.89. The molecule has 3 rings (SSSR count). The highest BCUT2D eigenvalue weighted by Crippen LogP contribution is 2.25. The molecule has 0 bridgehead atoms. The number of aromatic nitrogens is 1. The number of carbonyl (C=O) groups is 1. The molecule has 138 valence electrons. The molecule has 0 aliphatic carbocycles. The summed E-state index contributed by atoms with van der Waals surface area (Å²) in [6.45, 7) is 3.89. The van der Waals surface area contributed by atoms with E-state index >= 15 is 0 Å². The average molecular weight is 372 g/mol. The average Bonchev–Trinajstić information content (AvgIpc) is 3.25. The molecule has 0 spiro atoms. The van der Waals surface area contributed by atoms with Gasteiger partial charge in [-0.25, -0.2) is 0 Å². The molecule has 0 aliphatic heterocycles. The highest BCUT2D eigenvalue weighted by atomic mass is 32.1.